The van der Waals surface area contributed by atoms with E-state index in [-0.39, 0.29) is 36.4 Å². The van der Waals surface area contributed by atoms with Crippen molar-refractivity contribution in [3.8, 4) is 0 Å². The van der Waals surface area contributed by atoms with Crippen LogP contribution in [0.4, 0.5) is 0 Å². The van der Waals surface area contributed by atoms with Gasteiger partial charge < -0.3 is 15.4 Å². The van der Waals surface area contributed by atoms with Crippen LogP contribution < -0.4 is 10.6 Å². The van der Waals surface area contributed by atoms with Crippen molar-refractivity contribution in [1.82, 2.24) is 10.6 Å². The molecule has 0 spiro atoms. The van der Waals surface area contributed by atoms with Gasteiger partial charge in [-0.05, 0) is 43.4 Å². The number of rotatable bonds is 3. The van der Waals surface area contributed by atoms with Gasteiger partial charge in [0.1, 0.15) is 0 Å². The zero-order valence-electron chi connectivity index (χ0n) is 12.6. The van der Waals surface area contributed by atoms with Crippen LogP contribution in [-0.2, 0) is 16.0 Å². The van der Waals surface area contributed by atoms with Gasteiger partial charge in [0.2, 0.25) is 5.91 Å². The fourth-order valence-corrected chi connectivity index (χ4v) is 4.02. The highest BCUT2D eigenvalue weighted by atomic mass is 35.5. The first kappa shape index (κ1) is 15.8. The molecular formula is C17H23ClN2O2. The number of carbonyl (C=O) groups excluding carboxylic acids is 1. The molecule has 3 heterocycles. The van der Waals surface area contributed by atoms with Crippen LogP contribution in [0.2, 0.25) is 0 Å². The molecule has 4 atom stereocenters. The van der Waals surface area contributed by atoms with Crippen molar-refractivity contribution in [2.75, 3.05) is 13.1 Å². The van der Waals surface area contributed by atoms with Crippen LogP contribution in [0.5, 0.6) is 0 Å². The second kappa shape index (κ2) is 6.57. The Hall–Kier alpha value is -1.10. The molecule has 0 aliphatic carbocycles. The summed E-state index contributed by atoms with van der Waals surface area (Å²) in [6.45, 7) is 1.65. The Kier molecular flexibility index (Phi) is 4.71. The van der Waals surface area contributed by atoms with Gasteiger partial charge in [-0.3, -0.25) is 4.79 Å². The lowest BCUT2D eigenvalue weighted by molar-refractivity contribution is -0.126. The predicted molar refractivity (Wildman–Crippen MR) is 87.1 cm³/mol. The molecule has 5 heteroatoms. The Morgan fingerprint density at radius 1 is 1.32 bits per heavy atom. The Balaban J connectivity index is 0.00000144. The van der Waals surface area contributed by atoms with E-state index >= 15 is 0 Å². The van der Waals surface area contributed by atoms with Gasteiger partial charge in [-0.25, -0.2) is 0 Å². The van der Waals surface area contributed by atoms with Crippen molar-refractivity contribution in [2.24, 2.45) is 5.92 Å². The number of fused-ring (bicyclic) bond motifs is 3. The first-order valence-electron chi connectivity index (χ1n) is 8.05. The fourth-order valence-electron chi connectivity index (χ4n) is 4.02. The predicted octanol–water partition coefficient (Wildman–Crippen LogP) is 1.98. The fraction of sp³-hybridized carbons (Fsp3) is 0.588. The number of amides is 1. The van der Waals surface area contributed by atoms with Gasteiger partial charge in [-0.1, -0.05) is 24.3 Å². The average molecular weight is 323 g/mol. The van der Waals surface area contributed by atoms with Crippen molar-refractivity contribution >= 4 is 18.3 Å². The van der Waals surface area contributed by atoms with E-state index in [1.165, 1.54) is 11.1 Å². The number of benzene rings is 1. The van der Waals surface area contributed by atoms with Gasteiger partial charge in [0.25, 0.3) is 0 Å². The van der Waals surface area contributed by atoms with E-state index in [1.807, 2.05) is 0 Å². The average Bonchev–Trinajstić information content (AvgIpc) is 3.15. The van der Waals surface area contributed by atoms with Crippen LogP contribution in [0.15, 0.2) is 24.3 Å². The molecule has 3 aliphatic rings. The minimum atomic E-state index is 0. The highest BCUT2D eigenvalue weighted by Crippen LogP contribution is 2.38. The Bertz CT molecular complexity index is 551. The highest BCUT2D eigenvalue weighted by molar-refractivity contribution is 5.85. The number of carbonyl (C=O) groups is 1. The molecule has 0 radical (unpaired) electrons. The molecule has 3 aliphatic heterocycles. The summed E-state index contributed by atoms with van der Waals surface area (Å²) in [5, 5.41) is 6.65. The third-order valence-electron chi connectivity index (χ3n) is 5.14. The molecule has 4 rings (SSSR count). The normalized spacial score (nSPS) is 32.2. The van der Waals surface area contributed by atoms with Crippen molar-refractivity contribution in [1.29, 1.82) is 0 Å². The molecule has 4 unspecified atom stereocenters. The van der Waals surface area contributed by atoms with Crippen LogP contribution in [0.1, 0.15) is 36.4 Å². The summed E-state index contributed by atoms with van der Waals surface area (Å²) in [7, 11) is 0. The smallest absolute Gasteiger partial charge is 0.225 e. The van der Waals surface area contributed by atoms with E-state index < -0.39 is 0 Å². The molecule has 0 saturated carbocycles. The monoisotopic (exact) mass is 322 g/mol. The first-order chi connectivity index (χ1) is 10.3. The molecule has 120 valence electrons. The Morgan fingerprint density at radius 3 is 2.95 bits per heavy atom. The van der Waals surface area contributed by atoms with Crippen molar-refractivity contribution in [3.05, 3.63) is 35.4 Å². The quantitative estimate of drug-likeness (QED) is 0.894. The maximum atomic E-state index is 12.4. The summed E-state index contributed by atoms with van der Waals surface area (Å²) < 4.78 is 5.78. The van der Waals surface area contributed by atoms with Crippen molar-refractivity contribution in [3.63, 3.8) is 0 Å². The number of halogens is 1. The molecule has 1 amide bonds. The minimum Gasteiger partial charge on any atom is -0.374 e. The zero-order chi connectivity index (χ0) is 14.2. The molecule has 0 aromatic heterocycles. The van der Waals surface area contributed by atoms with Crippen LogP contribution in [0.25, 0.3) is 0 Å². The Morgan fingerprint density at radius 2 is 2.18 bits per heavy atom. The van der Waals surface area contributed by atoms with E-state index in [1.54, 1.807) is 0 Å². The van der Waals surface area contributed by atoms with Gasteiger partial charge in [-0.2, -0.15) is 0 Å². The van der Waals surface area contributed by atoms with Crippen LogP contribution in [0.3, 0.4) is 0 Å². The molecule has 2 fully saturated rings. The summed E-state index contributed by atoms with van der Waals surface area (Å²) in [6.07, 6.45) is 4.66. The zero-order valence-corrected chi connectivity index (χ0v) is 13.4. The second-order valence-corrected chi connectivity index (χ2v) is 6.42. The summed E-state index contributed by atoms with van der Waals surface area (Å²) >= 11 is 0. The topological polar surface area (TPSA) is 50.4 Å². The molecular weight excluding hydrogens is 300 g/mol. The highest BCUT2D eigenvalue weighted by Gasteiger charge is 2.44. The summed E-state index contributed by atoms with van der Waals surface area (Å²) in [5.74, 6) is 0.245. The van der Waals surface area contributed by atoms with Crippen LogP contribution in [-0.4, -0.2) is 31.2 Å². The lowest BCUT2D eigenvalue weighted by Crippen LogP contribution is -2.42. The minimum absolute atomic E-state index is 0. The lowest BCUT2D eigenvalue weighted by atomic mass is 9.88. The third-order valence-corrected chi connectivity index (χ3v) is 5.14. The summed E-state index contributed by atoms with van der Waals surface area (Å²) in [5.41, 5.74) is 2.73. The largest absolute Gasteiger partial charge is 0.374 e. The molecule has 2 N–H and O–H groups in total. The number of nitrogens with one attached hydrogen (secondary N) is 2. The Labute approximate surface area is 137 Å². The van der Waals surface area contributed by atoms with Crippen molar-refractivity contribution < 1.29 is 9.53 Å². The van der Waals surface area contributed by atoms with Gasteiger partial charge >= 0.3 is 0 Å². The number of ether oxygens (including phenoxy) is 1. The maximum absolute atomic E-state index is 12.4. The van der Waals surface area contributed by atoms with E-state index in [4.69, 9.17) is 4.74 Å². The maximum Gasteiger partial charge on any atom is 0.225 e. The third kappa shape index (κ3) is 2.87. The van der Waals surface area contributed by atoms with Gasteiger partial charge in [0.05, 0.1) is 18.1 Å². The van der Waals surface area contributed by atoms with E-state index in [0.717, 1.165) is 32.2 Å². The molecule has 1 aromatic carbocycles. The second-order valence-electron chi connectivity index (χ2n) is 6.42. The standard InChI is InChI=1S/C17H22N2O2.ClH/c20-17(14-9-12-5-6-16(14)21-12)19-10-15-13-4-2-1-3-11(13)7-8-18-15;/h1-4,12,14-16,18H,5-10H2,(H,19,20);1H. The van der Waals surface area contributed by atoms with Gasteiger partial charge in [0.15, 0.2) is 0 Å². The van der Waals surface area contributed by atoms with E-state index in [2.05, 4.69) is 34.9 Å². The van der Waals surface area contributed by atoms with Crippen LogP contribution >= 0.6 is 12.4 Å². The van der Waals surface area contributed by atoms with Gasteiger partial charge in [0, 0.05) is 12.6 Å². The van der Waals surface area contributed by atoms with E-state index in [9.17, 15) is 4.79 Å². The molecule has 4 nitrogen and oxygen atoms in total. The van der Waals surface area contributed by atoms with Crippen molar-refractivity contribution in [2.45, 2.75) is 43.9 Å². The van der Waals surface area contributed by atoms with Crippen LogP contribution in [0, 0.1) is 5.92 Å². The summed E-state index contributed by atoms with van der Waals surface area (Å²) in [6, 6.07) is 8.75. The SMILES string of the molecule is Cl.O=C(NCC1NCCc2ccccc21)C1CC2CCC1O2. The summed E-state index contributed by atoms with van der Waals surface area (Å²) in [4.78, 5) is 12.4. The van der Waals surface area contributed by atoms with Gasteiger partial charge in [-0.15, -0.1) is 12.4 Å². The number of hydrogen-bond acceptors (Lipinski definition) is 3. The first-order valence-corrected chi connectivity index (χ1v) is 8.05. The number of hydrogen-bond donors (Lipinski definition) is 2. The van der Waals surface area contributed by atoms with E-state index in [0.29, 0.717) is 12.6 Å². The molecule has 1 aromatic rings. The molecule has 2 bridgehead atoms. The molecule has 2 saturated heterocycles. The lowest BCUT2D eigenvalue weighted by Gasteiger charge is -2.28. The molecule has 22 heavy (non-hydrogen) atoms.